The molecule has 2 N–H and O–H groups in total. The average molecular weight is 270 g/mol. The standard InChI is InChI=1S/C12H13Cl2N3/c1-3-10-11(12(15)17(2)16-10)7-4-5-8(13)9(14)6-7/h4-6H,3,15H2,1-2H3. The highest BCUT2D eigenvalue weighted by molar-refractivity contribution is 6.42. The lowest BCUT2D eigenvalue weighted by atomic mass is 10.0. The van der Waals surface area contributed by atoms with Gasteiger partial charge in [-0.2, -0.15) is 5.10 Å². The van der Waals surface area contributed by atoms with Gasteiger partial charge in [-0.3, -0.25) is 4.68 Å². The molecule has 3 nitrogen and oxygen atoms in total. The van der Waals surface area contributed by atoms with Crippen molar-refractivity contribution in [2.24, 2.45) is 7.05 Å². The second-order valence-corrected chi connectivity index (χ2v) is 4.63. The fraction of sp³-hybridized carbons (Fsp3) is 0.250. The summed E-state index contributed by atoms with van der Waals surface area (Å²) in [5.74, 6) is 0.639. The fourth-order valence-electron chi connectivity index (χ4n) is 1.81. The maximum Gasteiger partial charge on any atom is 0.129 e. The molecule has 0 bridgehead atoms. The number of nitrogen functional groups attached to an aromatic ring is 1. The van der Waals surface area contributed by atoms with Gasteiger partial charge in [0.05, 0.1) is 15.7 Å². The monoisotopic (exact) mass is 269 g/mol. The summed E-state index contributed by atoms with van der Waals surface area (Å²) < 4.78 is 1.68. The minimum Gasteiger partial charge on any atom is -0.383 e. The van der Waals surface area contributed by atoms with E-state index in [2.05, 4.69) is 5.10 Å². The largest absolute Gasteiger partial charge is 0.383 e. The first-order chi connectivity index (χ1) is 8.04. The number of halogens is 2. The second-order valence-electron chi connectivity index (χ2n) is 3.81. The van der Waals surface area contributed by atoms with Crippen molar-refractivity contribution < 1.29 is 0 Å². The van der Waals surface area contributed by atoms with Crippen molar-refractivity contribution in [3.05, 3.63) is 33.9 Å². The SMILES string of the molecule is CCc1nn(C)c(N)c1-c1ccc(Cl)c(Cl)c1. The Bertz CT molecular complexity index is 561. The number of nitrogens with zero attached hydrogens (tertiary/aromatic N) is 2. The minimum atomic E-state index is 0.523. The molecule has 0 fully saturated rings. The number of benzene rings is 1. The summed E-state index contributed by atoms with van der Waals surface area (Å²) in [6.07, 6.45) is 0.820. The zero-order chi connectivity index (χ0) is 12.6. The molecule has 0 saturated heterocycles. The lowest BCUT2D eigenvalue weighted by Gasteiger charge is -2.04. The molecule has 5 heteroatoms. The van der Waals surface area contributed by atoms with E-state index < -0.39 is 0 Å². The summed E-state index contributed by atoms with van der Waals surface area (Å²) in [5.41, 5.74) is 8.87. The summed E-state index contributed by atoms with van der Waals surface area (Å²) in [5, 5.41) is 5.43. The van der Waals surface area contributed by atoms with Crippen molar-refractivity contribution in [3.63, 3.8) is 0 Å². The first-order valence-electron chi connectivity index (χ1n) is 5.31. The summed E-state index contributed by atoms with van der Waals surface area (Å²) in [6.45, 7) is 2.04. The van der Waals surface area contributed by atoms with E-state index in [0.717, 1.165) is 23.2 Å². The highest BCUT2D eigenvalue weighted by Gasteiger charge is 2.15. The van der Waals surface area contributed by atoms with Crippen molar-refractivity contribution >= 4 is 29.0 Å². The van der Waals surface area contributed by atoms with Crippen LogP contribution in [0.15, 0.2) is 18.2 Å². The van der Waals surface area contributed by atoms with Gasteiger partial charge in [-0.15, -0.1) is 0 Å². The summed E-state index contributed by atoms with van der Waals surface area (Å²) in [7, 11) is 1.83. The Morgan fingerprint density at radius 3 is 2.59 bits per heavy atom. The zero-order valence-electron chi connectivity index (χ0n) is 9.67. The van der Waals surface area contributed by atoms with Crippen LogP contribution in [-0.2, 0) is 13.5 Å². The van der Waals surface area contributed by atoms with Gasteiger partial charge in [0.15, 0.2) is 0 Å². The van der Waals surface area contributed by atoms with Crippen molar-refractivity contribution in [1.29, 1.82) is 0 Å². The van der Waals surface area contributed by atoms with E-state index in [9.17, 15) is 0 Å². The van der Waals surface area contributed by atoms with Crippen molar-refractivity contribution in [2.75, 3.05) is 5.73 Å². The Hall–Kier alpha value is -1.19. The Morgan fingerprint density at radius 1 is 1.29 bits per heavy atom. The Labute approximate surface area is 110 Å². The number of nitrogens with two attached hydrogens (primary N) is 1. The van der Waals surface area contributed by atoms with Crippen LogP contribution in [0.25, 0.3) is 11.1 Å². The average Bonchev–Trinajstić information content (AvgIpc) is 2.59. The van der Waals surface area contributed by atoms with Crippen molar-refractivity contribution in [1.82, 2.24) is 9.78 Å². The molecule has 1 heterocycles. The van der Waals surface area contributed by atoms with Gasteiger partial charge in [-0.1, -0.05) is 36.2 Å². The Balaban J connectivity index is 2.63. The zero-order valence-corrected chi connectivity index (χ0v) is 11.2. The van der Waals surface area contributed by atoms with Crippen LogP contribution in [0.4, 0.5) is 5.82 Å². The normalized spacial score (nSPS) is 10.8. The van der Waals surface area contributed by atoms with Gasteiger partial charge in [0.25, 0.3) is 0 Å². The van der Waals surface area contributed by atoms with E-state index in [1.165, 1.54) is 0 Å². The number of rotatable bonds is 2. The number of anilines is 1. The van der Waals surface area contributed by atoms with E-state index in [0.29, 0.717) is 15.9 Å². The smallest absolute Gasteiger partial charge is 0.129 e. The molecule has 0 saturated carbocycles. The lowest BCUT2D eigenvalue weighted by Crippen LogP contribution is -1.98. The Morgan fingerprint density at radius 2 is 2.00 bits per heavy atom. The molecule has 90 valence electrons. The molecule has 0 aliphatic rings. The van der Waals surface area contributed by atoms with Gasteiger partial charge in [-0.05, 0) is 24.1 Å². The van der Waals surface area contributed by atoms with Crippen LogP contribution in [0.2, 0.25) is 10.0 Å². The highest BCUT2D eigenvalue weighted by atomic mass is 35.5. The van der Waals surface area contributed by atoms with Gasteiger partial charge in [0.2, 0.25) is 0 Å². The van der Waals surface area contributed by atoms with Crippen LogP contribution >= 0.6 is 23.2 Å². The molecule has 0 aliphatic carbocycles. The maximum absolute atomic E-state index is 6.02. The van der Waals surface area contributed by atoms with Crippen LogP contribution in [0, 0.1) is 0 Å². The van der Waals surface area contributed by atoms with Crippen molar-refractivity contribution in [2.45, 2.75) is 13.3 Å². The van der Waals surface area contributed by atoms with E-state index in [-0.39, 0.29) is 0 Å². The molecular formula is C12H13Cl2N3. The number of hydrogen-bond donors (Lipinski definition) is 1. The number of hydrogen-bond acceptors (Lipinski definition) is 2. The molecule has 1 aromatic carbocycles. The quantitative estimate of drug-likeness (QED) is 0.907. The molecule has 0 spiro atoms. The summed E-state index contributed by atoms with van der Waals surface area (Å²) in [4.78, 5) is 0. The predicted molar refractivity (Wildman–Crippen MR) is 72.5 cm³/mol. The van der Waals surface area contributed by atoms with Crippen LogP contribution in [0.3, 0.4) is 0 Å². The third-order valence-corrected chi connectivity index (χ3v) is 3.45. The minimum absolute atomic E-state index is 0.523. The fourth-order valence-corrected chi connectivity index (χ4v) is 2.11. The predicted octanol–water partition coefficient (Wildman–Crippen LogP) is 3.54. The van der Waals surface area contributed by atoms with Gasteiger partial charge >= 0.3 is 0 Å². The topological polar surface area (TPSA) is 43.8 Å². The maximum atomic E-state index is 6.02. The van der Waals surface area contributed by atoms with E-state index in [4.69, 9.17) is 28.9 Å². The molecule has 0 aliphatic heterocycles. The van der Waals surface area contributed by atoms with Gasteiger partial charge in [0.1, 0.15) is 5.82 Å². The molecule has 0 radical (unpaired) electrons. The highest BCUT2D eigenvalue weighted by Crippen LogP contribution is 2.33. The lowest BCUT2D eigenvalue weighted by molar-refractivity contribution is 0.755. The van der Waals surface area contributed by atoms with Crippen LogP contribution in [0.5, 0.6) is 0 Å². The molecular weight excluding hydrogens is 257 g/mol. The first-order valence-corrected chi connectivity index (χ1v) is 6.07. The molecule has 17 heavy (non-hydrogen) atoms. The third-order valence-electron chi connectivity index (χ3n) is 2.71. The van der Waals surface area contributed by atoms with Gasteiger partial charge < -0.3 is 5.73 Å². The van der Waals surface area contributed by atoms with Gasteiger partial charge in [-0.25, -0.2) is 0 Å². The molecule has 2 rings (SSSR count). The second kappa shape index (κ2) is 4.59. The summed E-state index contributed by atoms with van der Waals surface area (Å²) >= 11 is 11.9. The third kappa shape index (κ3) is 2.13. The van der Waals surface area contributed by atoms with E-state index in [1.807, 2.05) is 26.1 Å². The van der Waals surface area contributed by atoms with Crippen LogP contribution in [0.1, 0.15) is 12.6 Å². The molecule has 1 aromatic heterocycles. The van der Waals surface area contributed by atoms with Gasteiger partial charge in [0, 0.05) is 12.6 Å². The van der Waals surface area contributed by atoms with Crippen LogP contribution in [-0.4, -0.2) is 9.78 Å². The molecule has 2 aromatic rings. The number of aromatic nitrogens is 2. The Kier molecular flexibility index (Phi) is 3.31. The molecule has 0 amide bonds. The molecule has 0 unspecified atom stereocenters. The molecule has 0 atom stereocenters. The van der Waals surface area contributed by atoms with Crippen molar-refractivity contribution in [3.8, 4) is 11.1 Å². The van der Waals surface area contributed by atoms with E-state index >= 15 is 0 Å². The summed E-state index contributed by atoms with van der Waals surface area (Å²) in [6, 6.07) is 5.49. The first kappa shape index (κ1) is 12.3. The number of aryl methyl sites for hydroxylation is 2. The van der Waals surface area contributed by atoms with Crippen LogP contribution < -0.4 is 5.73 Å². The van der Waals surface area contributed by atoms with E-state index in [1.54, 1.807) is 10.7 Å².